The summed E-state index contributed by atoms with van der Waals surface area (Å²) in [5.74, 6) is -0.598. The van der Waals surface area contributed by atoms with E-state index in [1.165, 1.54) is 18.7 Å². The van der Waals surface area contributed by atoms with E-state index in [1.807, 2.05) is 30.3 Å². The Bertz CT molecular complexity index is 1190. The molecule has 0 bridgehead atoms. The van der Waals surface area contributed by atoms with E-state index in [2.05, 4.69) is 15.0 Å². The van der Waals surface area contributed by atoms with Crippen molar-refractivity contribution in [3.63, 3.8) is 0 Å². The van der Waals surface area contributed by atoms with Crippen LogP contribution in [0.3, 0.4) is 0 Å². The molecule has 2 aromatic heterocycles. The number of hydrogen-bond donors (Lipinski definition) is 2. The number of esters is 1. The zero-order valence-corrected chi connectivity index (χ0v) is 17.7. The molecule has 1 unspecified atom stereocenters. The molecule has 164 valence electrons. The van der Waals surface area contributed by atoms with Crippen LogP contribution in [0.5, 0.6) is 0 Å². The number of hydrogen-bond acceptors (Lipinski definition) is 6. The normalized spacial score (nSPS) is 12.0. The third-order valence-electron chi connectivity index (χ3n) is 5.05. The first-order valence-corrected chi connectivity index (χ1v) is 9.87. The van der Waals surface area contributed by atoms with Crippen molar-refractivity contribution in [1.82, 2.24) is 24.4 Å². The number of nitrogens with zero attached hydrogens (tertiary/aromatic N) is 3. The molecule has 0 saturated carbocycles. The van der Waals surface area contributed by atoms with Crippen LogP contribution >= 0.6 is 0 Å². The van der Waals surface area contributed by atoms with Crippen LogP contribution in [0.4, 0.5) is 0 Å². The van der Waals surface area contributed by atoms with E-state index >= 15 is 0 Å². The molecule has 1 aromatic carbocycles. The highest BCUT2D eigenvalue weighted by molar-refractivity contribution is 5.78. The molecule has 0 spiro atoms. The zero-order valence-electron chi connectivity index (χ0n) is 17.7. The Hall–Kier alpha value is -3.69. The Labute approximate surface area is 177 Å². The number of benzene rings is 1. The van der Waals surface area contributed by atoms with Crippen LogP contribution in [0.25, 0.3) is 11.2 Å². The Balaban J connectivity index is 1.76. The van der Waals surface area contributed by atoms with Gasteiger partial charge in [-0.3, -0.25) is 23.9 Å². The maximum absolute atomic E-state index is 13.0. The lowest BCUT2D eigenvalue weighted by atomic mass is 10.1. The highest BCUT2D eigenvalue weighted by atomic mass is 16.5. The summed E-state index contributed by atoms with van der Waals surface area (Å²) in [6.45, 7) is 2.28. The van der Waals surface area contributed by atoms with Crippen LogP contribution in [-0.4, -0.2) is 49.9 Å². The lowest BCUT2D eigenvalue weighted by Crippen LogP contribution is -2.37. The number of rotatable bonds is 8. The van der Waals surface area contributed by atoms with Gasteiger partial charge in [0, 0.05) is 33.0 Å². The van der Waals surface area contributed by atoms with Crippen molar-refractivity contribution in [3.8, 4) is 0 Å². The fourth-order valence-electron chi connectivity index (χ4n) is 3.32. The van der Waals surface area contributed by atoms with Crippen LogP contribution in [0.1, 0.15) is 24.7 Å². The van der Waals surface area contributed by atoms with Crippen molar-refractivity contribution in [2.24, 2.45) is 13.0 Å². The molecule has 3 rings (SSSR count). The molecule has 0 aliphatic carbocycles. The highest BCUT2D eigenvalue weighted by Gasteiger charge is 2.22. The predicted octanol–water partition coefficient (Wildman–Crippen LogP) is 0.720. The third-order valence-corrected chi connectivity index (χ3v) is 5.05. The average Bonchev–Trinajstić information content (AvgIpc) is 3.20. The lowest BCUT2D eigenvalue weighted by Gasteiger charge is -2.25. The van der Waals surface area contributed by atoms with Crippen LogP contribution in [0.2, 0.25) is 0 Å². The molecule has 0 aliphatic heterocycles. The molecule has 31 heavy (non-hydrogen) atoms. The second-order valence-corrected chi connectivity index (χ2v) is 7.38. The minimum absolute atomic E-state index is 0.117. The van der Waals surface area contributed by atoms with Crippen molar-refractivity contribution in [2.75, 3.05) is 13.7 Å². The summed E-state index contributed by atoms with van der Waals surface area (Å²) in [7, 11) is 2.82. The largest absolute Gasteiger partial charge is 0.469 e. The fraction of sp³-hybridized carbons (Fsp3) is 0.381. The molecule has 0 radical (unpaired) electrons. The monoisotopic (exact) mass is 427 g/mol. The third kappa shape index (κ3) is 5.08. The van der Waals surface area contributed by atoms with Crippen LogP contribution in [0.15, 0.2) is 39.9 Å². The number of fused-ring (bicyclic) bond motifs is 1. The minimum Gasteiger partial charge on any atom is -0.469 e. The lowest BCUT2D eigenvalue weighted by molar-refractivity contribution is -0.146. The summed E-state index contributed by atoms with van der Waals surface area (Å²) >= 11 is 0. The summed E-state index contributed by atoms with van der Waals surface area (Å²) in [5.41, 5.74) is 0.248. The van der Waals surface area contributed by atoms with E-state index in [9.17, 15) is 19.2 Å². The van der Waals surface area contributed by atoms with Crippen LogP contribution in [0, 0.1) is 5.92 Å². The number of aromatic amines is 2. The van der Waals surface area contributed by atoms with Crippen molar-refractivity contribution in [3.05, 3.63) is 62.6 Å². The second kappa shape index (κ2) is 9.41. The number of imidazole rings is 1. The van der Waals surface area contributed by atoms with Crippen LogP contribution < -0.4 is 11.2 Å². The van der Waals surface area contributed by atoms with E-state index in [0.717, 1.165) is 5.56 Å². The summed E-state index contributed by atoms with van der Waals surface area (Å²) in [4.78, 5) is 59.5. The highest BCUT2D eigenvalue weighted by Crippen LogP contribution is 2.12. The summed E-state index contributed by atoms with van der Waals surface area (Å²) in [5, 5.41) is 0. The van der Waals surface area contributed by atoms with Gasteiger partial charge in [0.25, 0.3) is 5.56 Å². The number of methoxy groups -OCH3 is 1. The SMILES string of the molecule is COC(=O)C(C)CN(Cc1ccccc1)C(=O)CCc1nc2c([nH]1)c(=O)[nH]c(=O)n2C. The van der Waals surface area contributed by atoms with Gasteiger partial charge in [-0.05, 0) is 5.56 Å². The van der Waals surface area contributed by atoms with Gasteiger partial charge in [-0.15, -0.1) is 0 Å². The Morgan fingerprint density at radius 1 is 1.19 bits per heavy atom. The molecule has 10 nitrogen and oxygen atoms in total. The molecule has 0 saturated heterocycles. The van der Waals surface area contributed by atoms with Crippen LogP contribution in [-0.2, 0) is 34.3 Å². The summed E-state index contributed by atoms with van der Waals surface area (Å²) in [6.07, 6.45) is 0.367. The summed E-state index contributed by atoms with van der Waals surface area (Å²) in [6, 6.07) is 9.49. The van der Waals surface area contributed by atoms with E-state index in [0.29, 0.717) is 12.4 Å². The zero-order chi connectivity index (χ0) is 22.5. The maximum atomic E-state index is 13.0. The van der Waals surface area contributed by atoms with Crippen molar-refractivity contribution >= 4 is 23.0 Å². The molecule has 10 heteroatoms. The van der Waals surface area contributed by atoms with E-state index in [4.69, 9.17) is 4.74 Å². The van der Waals surface area contributed by atoms with Crippen molar-refractivity contribution in [2.45, 2.75) is 26.3 Å². The molecule has 2 heterocycles. The molecular weight excluding hydrogens is 402 g/mol. The van der Waals surface area contributed by atoms with E-state index < -0.39 is 17.2 Å². The first kappa shape index (κ1) is 22.0. The Kier molecular flexibility index (Phi) is 6.68. The van der Waals surface area contributed by atoms with E-state index in [-0.39, 0.29) is 42.4 Å². The number of aryl methyl sites for hydroxylation is 2. The number of nitrogens with one attached hydrogen (secondary N) is 2. The van der Waals surface area contributed by atoms with Gasteiger partial charge in [-0.1, -0.05) is 37.3 Å². The molecule has 0 fully saturated rings. The van der Waals surface area contributed by atoms with Gasteiger partial charge in [-0.2, -0.15) is 0 Å². The topological polar surface area (TPSA) is 130 Å². The van der Waals surface area contributed by atoms with Gasteiger partial charge in [-0.25, -0.2) is 9.78 Å². The number of amides is 1. The van der Waals surface area contributed by atoms with Gasteiger partial charge in [0.1, 0.15) is 11.3 Å². The average molecular weight is 427 g/mol. The van der Waals surface area contributed by atoms with Gasteiger partial charge < -0.3 is 14.6 Å². The quantitative estimate of drug-likeness (QED) is 0.510. The molecular formula is C21H25N5O5. The molecule has 0 aliphatic rings. The van der Waals surface area contributed by atoms with Crippen molar-refractivity contribution in [1.29, 1.82) is 0 Å². The Morgan fingerprint density at radius 3 is 2.58 bits per heavy atom. The number of ether oxygens (including phenoxy) is 1. The number of carbonyl (C=O) groups excluding carboxylic acids is 2. The smallest absolute Gasteiger partial charge is 0.329 e. The standard InChI is InChI=1S/C21H25N5O5/c1-13(20(29)31-3)11-26(12-14-7-5-4-6-8-14)16(27)10-9-15-22-17-18(23-15)25(2)21(30)24-19(17)28/h4-8,13H,9-12H2,1-3H3,(H,22,23)(H,24,28,30). The predicted molar refractivity (Wildman–Crippen MR) is 113 cm³/mol. The molecule has 2 N–H and O–H groups in total. The number of aromatic nitrogens is 4. The fourth-order valence-corrected chi connectivity index (χ4v) is 3.32. The molecule has 3 aromatic rings. The molecule has 1 amide bonds. The maximum Gasteiger partial charge on any atom is 0.329 e. The molecule has 1 atom stereocenters. The first-order valence-electron chi connectivity index (χ1n) is 9.87. The van der Waals surface area contributed by atoms with Gasteiger partial charge in [0.2, 0.25) is 5.91 Å². The number of H-pyrrole nitrogens is 2. The Morgan fingerprint density at radius 2 is 1.90 bits per heavy atom. The van der Waals surface area contributed by atoms with Crippen molar-refractivity contribution < 1.29 is 14.3 Å². The summed E-state index contributed by atoms with van der Waals surface area (Å²) < 4.78 is 6.02. The second-order valence-electron chi connectivity index (χ2n) is 7.38. The van der Waals surface area contributed by atoms with Gasteiger partial charge >= 0.3 is 11.7 Å². The van der Waals surface area contributed by atoms with Gasteiger partial charge in [0.15, 0.2) is 5.65 Å². The van der Waals surface area contributed by atoms with E-state index in [1.54, 1.807) is 11.8 Å². The number of carbonyl (C=O) groups is 2. The first-order chi connectivity index (χ1) is 14.8. The minimum atomic E-state index is -0.558. The van der Waals surface area contributed by atoms with Gasteiger partial charge in [0.05, 0.1) is 13.0 Å².